The number of rotatable bonds is 4. The van der Waals surface area contributed by atoms with E-state index in [0.29, 0.717) is 0 Å². The zero-order valence-electron chi connectivity index (χ0n) is 7.29. The van der Waals surface area contributed by atoms with Crippen LogP contribution in [-0.2, 0) is 0 Å². The molecule has 0 aromatic rings. The van der Waals surface area contributed by atoms with Gasteiger partial charge in [0.25, 0.3) is 0 Å². The van der Waals surface area contributed by atoms with Crippen molar-refractivity contribution in [3.8, 4) is 0 Å². The quantitative estimate of drug-likeness (QED) is 0.544. The van der Waals surface area contributed by atoms with Crippen molar-refractivity contribution in [2.24, 2.45) is 0 Å². The topological polar surface area (TPSA) is 63.5 Å². The minimum absolute atomic E-state index is 0.337. The summed E-state index contributed by atoms with van der Waals surface area (Å²) >= 11 is 0.815. The molecule has 11 heavy (non-hydrogen) atoms. The van der Waals surface area contributed by atoms with Crippen molar-refractivity contribution in [3.63, 3.8) is 0 Å². The first-order valence-corrected chi connectivity index (χ1v) is 7.65. The van der Waals surface area contributed by atoms with Gasteiger partial charge in [-0.05, 0) is 0 Å². The van der Waals surface area contributed by atoms with Gasteiger partial charge in [-0.25, -0.2) is 0 Å². The van der Waals surface area contributed by atoms with Crippen LogP contribution in [0.3, 0.4) is 0 Å². The van der Waals surface area contributed by atoms with Crippen LogP contribution >= 0.6 is 0 Å². The van der Waals surface area contributed by atoms with Gasteiger partial charge in [-0.15, -0.1) is 0 Å². The second-order valence-electron chi connectivity index (χ2n) is 2.09. The van der Waals surface area contributed by atoms with Crippen LogP contribution in [0.5, 0.6) is 0 Å². The predicted molar refractivity (Wildman–Crippen MR) is 48.0 cm³/mol. The van der Waals surface area contributed by atoms with Gasteiger partial charge < -0.3 is 15.0 Å². The van der Waals surface area contributed by atoms with Gasteiger partial charge in [0.05, 0.1) is 0 Å². The molecule has 0 amide bonds. The van der Waals surface area contributed by atoms with E-state index in [1.807, 2.05) is 0 Å². The number of hydrogen-bond donors (Lipinski definition) is 2. The minimum atomic E-state index is -2.30. The van der Waals surface area contributed by atoms with Crippen LogP contribution in [0.1, 0.15) is 13.8 Å². The van der Waals surface area contributed by atoms with E-state index >= 15 is 0 Å². The normalized spacial score (nSPS) is 8.55. The molecule has 5 heteroatoms. The molecule has 0 spiro atoms. The Morgan fingerprint density at radius 1 is 1.18 bits per heavy atom. The molecule has 0 bridgehead atoms. The van der Waals surface area contributed by atoms with Crippen molar-refractivity contribution in [1.29, 1.82) is 0 Å². The molecule has 0 aliphatic carbocycles. The molecule has 0 aromatic carbocycles. The first-order chi connectivity index (χ1) is 5.22. The van der Waals surface area contributed by atoms with Crippen LogP contribution in [-0.4, -0.2) is 46.9 Å². The van der Waals surface area contributed by atoms with Crippen LogP contribution in [0.15, 0.2) is 0 Å². The van der Waals surface area contributed by atoms with Crippen molar-refractivity contribution in [1.82, 2.24) is 0 Å². The van der Waals surface area contributed by atoms with Crippen LogP contribution < -0.4 is 4.80 Å². The maximum Gasteiger partial charge on any atom is 0.0180 e. The van der Waals surface area contributed by atoms with Gasteiger partial charge in [-0.3, -0.25) is 0 Å². The van der Waals surface area contributed by atoms with Crippen LogP contribution in [0.25, 0.3) is 0 Å². The third kappa shape index (κ3) is 18.0. The Balaban J connectivity index is 0. The van der Waals surface area contributed by atoms with Crippen molar-refractivity contribution in [2.45, 2.75) is 24.4 Å². The molecule has 2 N–H and O–H groups in total. The van der Waals surface area contributed by atoms with E-state index < -0.39 is 9.04 Å². The van der Waals surface area contributed by atoms with Gasteiger partial charge in [0.1, 0.15) is 0 Å². The third-order valence-electron chi connectivity index (χ3n) is 0.985. The molecule has 0 atom stereocenters. The Kier molecular flexibility index (Phi) is 17.1. The Hall–Kier alpha value is 0.629. The van der Waals surface area contributed by atoms with Crippen molar-refractivity contribution in [2.75, 3.05) is 12.5 Å². The van der Waals surface area contributed by atoms with Crippen LogP contribution in [0, 0.1) is 0 Å². The predicted octanol–water partition coefficient (Wildman–Crippen LogP) is -1.30. The van der Waals surface area contributed by atoms with Gasteiger partial charge in [0.15, 0.2) is 0 Å². The monoisotopic (exact) mass is 192 g/mol. The summed E-state index contributed by atoms with van der Waals surface area (Å²) in [5, 5.41) is 18.7. The van der Waals surface area contributed by atoms with E-state index in [9.17, 15) is 4.80 Å². The third-order valence-corrected chi connectivity index (χ3v) is 2.95. The smallest absolute Gasteiger partial charge is 0.0180 e. The molecule has 0 fully saturated rings. The zero-order valence-corrected chi connectivity index (χ0v) is 9.60. The second-order valence-corrected chi connectivity index (χ2v) is 6.28. The second kappa shape index (κ2) is 13.2. The Morgan fingerprint density at radius 3 is 1.55 bits per heavy atom. The van der Waals surface area contributed by atoms with Gasteiger partial charge >= 0.3 is 39.6 Å². The number of aliphatic hydroxyl groups excluding tert-OH is 2. The summed E-state index contributed by atoms with van der Waals surface area (Å²) in [4.78, 5) is 9.90. The molecule has 66 valence electrons. The molecule has 0 aliphatic rings. The fourth-order valence-electron chi connectivity index (χ4n) is 0.346. The largest absolute Gasteiger partial charge is 0.858 e. The number of hydrogen-bond acceptors (Lipinski definition) is 3. The fourth-order valence-corrected chi connectivity index (χ4v) is 1.04. The molecule has 0 rings (SSSR count). The average molecular weight is 192 g/mol. The summed E-state index contributed by atoms with van der Waals surface area (Å²) in [5.41, 5.74) is 0. The zero-order chi connectivity index (χ0) is 9.11. The van der Waals surface area contributed by atoms with Crippen LogP contribution in [0.4, 0.5) is 0 Å². The standard InChI is InChI=1S/C2H7O3Si.2C2H5.Al/c3-1-6(5)2-4;2*1-2;/h3-4,6H,1-2H2;2*1H2,2H3;/q-1;;;+1. The summed E-state index contributed by atoms with van der Waals surface area (Å²) in [5.74, 6) is 0. The summed E-state index contributed by atoms with van der Waals surface area (Å²) in [6, 6.07) is 0. The molecular formula is C6H17AlO3Si. The van der Waals surface area contributed by atoms with E-state index in [1.54, 1.807) is 0 Å². The Labute approximate surface area is 76.5 Å². The molecule has 0 heterocycles. The Bertz CT molecular complexity index is 59.8. The van der Waals surface area contributed by atoms with E-state index in [-0.39, 0.29) is 12.5 Å². The van der Waals surface area contributed by atoms with E-state index in [0.717, 1.165) is 15.2 Å². The molecule has 0 saturated carbocycles. The minimum Gasteiger partial charge on any atom is -0.858 e. The molecular weight excluding hydrogens is 175 g/mol. The molecule has 0 unspecified atom stereocenters. The Morgan fingerprint density at radius 2 is 1.55 bits per heavy atom. The maximum atomic E-state index is 9.90. The van der Waals surface area contributed by atoms with Crippen molar-refractivity contribution in [3.05, 3.63) is 0 Å². The van der Waals surface area contributed by atoms with E-state index in [1.165, 1.54) is 10.6 Å². The maximum absolute atomic E-state index is 9.90. The first-order valence-electron chi connectivity index (χ1n) is 3.92. The molecule has 0 aliphatic heterocycles. The van der Waals surface area contributed by atoms with Crippen molar-refractivity contribution >= 4 is 24.3 Å². The van der Waals surface area contributed by atoms with Gasteiger partial charge in [0.2, 0.25) is 0 Å². The summed E-state index contributed by atoms with van der Waals surface area (Å²) in [7, 11) is -2.30. The SMILES string of the molecule is C[CH2][Al+][CH2]C.[O-][SiH](CO)CO. The van der Waals surface area contributed by atoms with Gasteiger partial charge in [-0.2, -0.15) is 0 Å². The molecule has 0 radical (unpaired) electrons. The van der Waals surface area contributed by atoms with Gasteiger partial charge in [0, 0.05) is 21.5 Å². The molecule has 3 nitrogen and oxygen atoms in total. The van der Waals surface area contributed by atoms with E-state index in [4.69, 9.17) is 10.2 Å². The first kappa shape index (κ1) is 14.2. The summed E-state index contributed by atoms with van der Waals surface area (Å²) in [6.45, 7) is 4.50. The molecule has 0 aromatic heterocycles. The van der Waals surface area contributed by atoms with Gasteiger partial charge in [-0.1, -0.05) is 0 Å². The summed E-state index contributed by atoms with van der Waals surface area (Å²) in [6.07, 6.45) is -0.674. The average Bonchev–Trinajstić information content (AvgIpc) is 2.06. The van der Waals surface area contributed by atoms with E-state index in [2.05, 4.69) is 13.8 Å². The number of aliphatic hydroxyl groups is 2. The summed E-state index contributed by atoms with van der Waals surface area (Å²) < 4.78 is 0. The van der Waals surface area contributed by atoms with Crippen molar-refractivity contribution < 1.29 is 15.0 Å². The van der Waals surface area contributed by atoms with Crippen LogP contribution in [0.2, 0.25) is 10.6 Å². The fraction of sp³-hybridized carbons (Fsp3) is 1.00. The molecule has 0 saturated heterocycles.